The molecule has 0 unspecified atom stereocenters. The molecule has 5 aromatic rings. The molecule has 5 rings (SSSR count). The molecule has 0 saturated heterocycles. The van der Waals surface area contributed by atoms with Gasteiger partial charge in [0.15, 0.2) is 15.6 Å². The maximum atomic E-state index is 13.1. The van der Waals surface area contributed by atoms with Crippen molar-refractivity contribution in [1.82, 2.24) is 9.55 Å². The van der Waals surface area contributed by atoms with E-state index in [1.165, 1.54) is 19.1 Å². The minimum atomic E-state index is -3.65. The zero-order chi connectivity index (χ0) is 25.3. The Balaban J connectivity index is 1.62. The Morgan fingerprint density at radius 1 is 0.917 bits per heavy atom. The first kappa shape index (κ1) is 23.8. The van der Waals surface area contributed by atoms with E-state index in [1.54, 1.807) is 24.4 Å². The van der Waals surface area contributed by atoms with Gasteiger partial charge in [-0.15, -0.1) is 0 Å². The molecule has 3 aromatic carbocycles. The fourth-order valence-corrected chi connectivity index (χ4v) is 6.80. The summed E-state index contributed by atoms with van der Waals surface area (Å²) in [7, 11) is -3.65. The molecule has 0 N–H and O–H groups in total. The fraction of sp³-hybridized carbons (Fsp3) is 0.107. The number of thiazole rings is 1. The van der Waals surface area contributed by atoms with Crippen LogP contribution in [0.15, 0.2) is 101 Å². The molecule has 36 heavy (non-hydrogen) atoms. The second-order valence-electron chi connectivity index (χ2n) is 8.41. The molecule has 6 nitrogen and oxygen atoms in total. The molecule has 0 radical (unpaired) electrons. The van der Waals surface area contributed by atoms with Gasteiger partial charge in [0.2, 0.25) is 5.43 Å². The average Bonchev–Trinajstić information content (AvgIpc) is 3.31. The third kappa shape index (κ3) is 4.65. The number of fused-ring (bicyclic) bond motifs is 1. The van der Waals surface area contributed by atoms with E-state index in [-0.39, 0.29) is 27.5 Å². The zero-order valence-corrected chi connectivity index (χ0v) is 21.1. The lowest BCUT2D eigenvalue weighted by atomic mass is 9.99. The van der Waals surface area contributed by atoms with Crippen LogP contribution in [0.5, 0.6) is 0 Å². The number of rotatable bonds is 7. The maximum Gasteiger partial charge on any atom is 0.219 e. The van der Waals surface area contributed by atoms with Gasteiger partial charge in [0, 0.05) is 12.7 Å². The minimum Gasteiger partial charge on any atom is -0.333 e. The molecule has 0 spiro atoms. The summed E-state index contributed by atoms with van der Waals surface area (Å²) >= 11 is 1.16. The Labute approximate surface area is 212 Å². The van der Waals surface area contributed by atoms with E-state index in [2.05, 4.69) is 4.98 Å². The summed E-state index contributed by atoms with van der Waals surface area (Å²) in [5, 5.41) is 0.303. The third-order valence-electron chi connectivity index (χ3n) is 5.90. The topological polar surface area (TPSA) is 86.1 Å². The number of benzene rings is 3. The van der Waals surface area contributed by atoms with Crippen LogP contribution in [0.2, 0.25) is 0 Å². The number of carbonyl (C=O) groups is 1. The Kier molecular flexibility index (Phi) is 6.38. The van der Waals surface area contributed by atoms with Gasteiger partial charge in [0.25, 0.3) is 0 Å². The number of hydrogen-bond acceptors (Lipinski definition) is 6. The van der Waals surface area contributed by atoms with Crippen LogP contribution in [0, 0.1) is 0 Å². The first-order valence-electron chi connectivity index (χ1n) is 11.3. The normalized spacial score (nSPS) is 11.6. The molecule has 0 aliphatic carbocycles. The van der Waals surface area contributed by atoms with Crippen LogP contribution in [0.4, 0.5) is 0 Å². The number of nitrogens with zero attached hydrogens (tertiary/aromatic N) is 2. The molecule has 0 aliphatic heterocycles. The van der Waals surface area contributed by atoms with Crippen LogP contribution in [0.25, 0.3) is 21.5 Å². The van der Waals surface area contributed by atoms with Gasteiger partial charge in [0.1, 0.15) is 21.1 Å². The van der Waals surface area contributed by atoms with Crippen molar-refractivity contribution in [3.8, 4) is 11.1 Å². The first-order chi connectivity index (χ1) is 17.3. The first-order valence-corrected chi connectivity index (χ1v) is 13.8. The Morgan fingerprint density at radius 3 is 2.25 bits per heavy atom. The van der Waals surface area contributed by atoms with Crippen molar-refractivity contribution >= 4 is 37.3 Å². The Hall–Kier alpha value is -3.88. The summed E-state index contributed by atoms with van der Waals surface area (Å²) in [5.41, 5.74) is 2.74. The smallest absolute Gasteiger partial charge is 0.219 e. The summed E-state index contributed by atoms with van der Waals surface area (Å²) < 4.78 is 27.7. The average molecular weight is 515 g/mol. The monoisotopic (exact) mass is 514 g/mol. The van der Waals surface area contributed by atoms with E-state index < -0.39 is 15.3 Å². The van der Waals surface area contributed by atoms with Crippen molar-refractivity contribution in [3.05, 3.63) is 117 Å². The van der Waals surface area contributed by atoms with Gasteiger partial charge in [-0.25, -0.2) is 13.4 Å². The van der Waals surface area contributed by atoms with Crippen molar-refractivity contribution in [2.75, 3.05) is 0 Å². The third-order valence-corrected chi connectivity index (χ3v) is 8.82. The van der Waals surface area contributed by atoms with E-state index in [0.717, 1.165) is 28.0 Å². The largest absolute Gasteiger partial charge is 0.333 e. The van der Waals surface area contributed by atoms with Crippen LogP contribution >= 0.6 is 11.3 Å². The van der Waals surface area contributed by atoms with E-state index in [0.29, 0.717) is 16.4 Å². The summed E-state index contributed by atoms with van der Waals surface area (Å²) in [4.78, 5) is 30.5. The molecule has 2 heterocycles. The van der Waals surface area contributed by atoms with Crippen molar-refractivity contribution in [3.63, 3.8) is 0 Å². The van der Waals surface area contributed by atoms with Crippen LogP contribution < -0.4 is 5.43 Å². The highest BCUT2D eigenvalue weighted by Crippen LogP contribution is 2.28. The van der Waals surface area contributed by atoms with Gasteiger partial charge in [0.05, 0.1) is 10.5 Å². The number of aromatic nitrogens is 2. The van der Waals surface area contributed by atoms with Gasteiger partial charge in [-0.2, -0.15) is 0 Å². The van der Waals surface area contributed by atoms with Gasteiger partial charge >= 0.3 is 0 Å². The predicted octanol–water partition coefficient (Wildman–Crippen LogP) is 5.35. The molecule has 0 aliphatic rings. The summed E-state index contributed by atoms with van der Waals surface area (Å²) in [5.74, 6) is -0.690. The molecule has 8 heteroatoms. The highest BCUT2D eigenvalue weighted by atomic mass is 32.2. The van der Waals surface area contributed by atoms with Crippen molar-refractivity contribution in [1.29, 1.82) is 0 Å². The van der Waals surface area contributed by atoms with Crippen LogP contribution in [0.3, 0.4) is 0 Å². The number of Topliss-reactive ketones (excluding diaryl/α,β-unsaturated/α-hetero) is 1. The highest BCUT2D eigenvalue weighted by molar-refractivity contribution is 7.90. The zero-order valence-electron chi connectivity index (χ0n) is 19.4. The van der Waals surface area contributed by atoms with Gasteiger partial charge in [-0.1, -0.05) is 84.1 Å². The highest BCUT2D eigenvalue weighted by Gasteiger charge is 2.22. The van der Waals surface area contributed by atoms with E-state index in [1.807, 2.05) is 59.2 Å². The van der Waals surface area contributed by atoms with Crippen molar-refractivity contribution in [2.45, 2.75) is 24.1 Å². The summed E-state index contributed by atoms with van der Waals surface area (Å²) in [6.07, 6.45) is 1.56. The maximum absolute atomic E-state index is 13.1. The molecule has 0 saturated carbocycles. The SMILES string of the molecule is CC(=O)c1cn(Cc2ccccc2-c2ccccc2)c2sc(CS(=O)(=O)c3ccccc3)nc2c1=O. The lowest BCUT2D eigenvalue weighted by Gasteiger charge is -2.14. The molecule has 0 amide bonds. The van der Waals surface area contributed by atoms with Crippen LogP contribution in [-0.4, -0.2) is 23.8 Å². The molecule has 0 fully saturated rings. The minimum absolute atomic E-state index is 0.0301. The molecule has 2 aromatic heterocycles. The number of pyridine rings is 1. The van der Waals surface area contributed by atoms with Crippen molar-refractivity contribution < 1.29 is 13.2 Å². The second-order valence-corrected chi connectivity index (χ2v) is 11.5. The van der Waals surface area contributed by atoms with E-state index in [9.17, 15) is 18.0 Å². The lowest BCUT2D eigenvalue weighted by Crippen LogP contribution is -2.18. The molecule has 180 valence electrons. The van der Waals surface area contributed by atoms with Crippen LogP contribution in [-0.2, 0) is 22.1 Å². The number of ketones is 1. The second kappa shape index (κ2) is 9.64. The van der Waals surface area contributed by atoms with Crippen LogP contribution in [0.1, 0.15) is 27.9 Å². The Bertz CT molecular complexity index is 1740. The molecule has 0 bridgehead atoms. The predicted molar refractivity (Wildman–Crippen MR) is 142 cm³/mol. The van der Waals surface area contributed by atoms with E-state index in [4.69, 9.17) is 0 Å². The lowest BCUT2D eigenvalue weighted by molar-refractivity contribution is 0.101. The standard InChI is InChI=1S/C28H22N2O4S2/c1-19(31)24-17-30(16-21-12-8-9-15-23(21)20-10-4-2-5-11-20)28-26(27(24)32)29-25(35-28)18-36(33,34)22-13-6-3-7-14-22/h2-15,17H,16,18H2,1H3. The number of hydrogen-bond donors (Lipinski definition) is 0. The van der Waals surface area contributed by atoms with E-state index >= 15 is 0 Å². The fourth-order valence-electron chi connectivity index (χ4n) is 4.14. The summed E-state index contributed by atoms with van der Waals surface area (Å²) in [6, 6.07) is 26.1. The van der Waals surface area contributed by atoms with Gasteiger partial charge in [-0.3, -0.25) is 9.59 Å². The summed E-state index contributed by atoms with van der Waals surface area (Å²) in [6.45, 7) is 1.73. The number of carbonyl (C=O) groups excluding carboxylic acids is 1. The molecular formula is C28H22N2O4S2. The Morgan fingerprint density at radius 2 is 1.56 bits per heavy atom. The molecular weight excluding hydrogens is 492 g/mol. The quantitative estimate of drug-likeness (QED) is 0.273. The number of sulfone groups is 1. The van der Waals surface area contributed by atoms with Gasteiger partial charge in [-0.05, 0) is 35.7 Å². The van der Waals surface area contributed by atoms with Gasteiger partial charge < -0.3 is 4.57 Å². The molecule has 0 atom stereocenters. The van der Waals surface area contributed by atoms with Crippen molar-refractivity contribution in [2.24, 2.45) is 0 Å².